The van der Waals surface area contributed by atoms with Crippen molar-refractivity contribution < 1.29 is 18.4 Å². The highest BCUT2D eigenvalue weighted by Gasteiger charge is 2.36. The van der Waals surface area contributed by atoms with Crippen LogP contribution < -0.4 is 10.2 Å². The molecule has 2 aromatic carbocycles. The molecule has 0 bridgehead atoms. The molecule has 0 saturated carbocycles. The van der Waals surface area contributed by atoms with Crippen LogP contribution in [0.15, 0.2) is 42.5 Å². The molecule has 0 unspecified atom stereocenters. The Morgan fingerprint density at radius 2 is 1.73 bits per heavy atom. The molecule has 4 nitrogen and oxygen atoms in total. The maximum atomic E-state index is 13.9. The molecule has 0 spiro atoms. The van der Waals surface area contributed by atoms with E-state index in [1.807, 2.05) is 0 Å². The summed E-state index contributed by atoms with van der Waals surface area (Å²) >= 11 is 0. The fourth-order valence-electron chi connectivity index (χ4n) is 2.46. The van der Waals surface area contributed by atoms with Gasteiger partial charge in [0.1, 0.15) is 23.2 Å². The predicted molar refractivity (Wildman–Crippen MR) is 77.7 cm³/mol. The van der Waals surface area contributed by atoms with Crippen LogP contribution in [0.1, 0.15) is 17.3 Å². The molecule has 6 heteroatoms. The quantitative estimate of drug-likeness (QED) is 0.880. The molecule has 112 valence electrons. The summed E-state index contributed by atoms with van der Waals surface area (Å²) in [5.41, 5.74) is 0.164. The number of rotatable bonds is 1. The van der Waals surface area contributed by atoms with E-state index in [0.29, 0.717) is 11.4 Å². The van der Waals surface area contributed by atoms with E-state index in [9.17, 15) is 18.4 Å². The van der Waals surface area contributed by atoms with Crippen molar-refractivity contribution in [2.45, 2.75) is 13.0 Å². The molecule has 1 aliphatic rings. The normalized spacial score (nSPS) is 17.0. The van der Waals surface area contributed by atoms with Gasteiger partial charge in [-0.15, -0.1) is 0 Å². The fraction of sp³-hybridized carbons (Fsp3) is 0.125. The van der Waals surface area contributed by atoms with E-state index in [1.165, 1.54) is 13.0 Å². The summed E-state index contributed by atoms with van der Waals surface area (Å²) in [6.07, 6.45) is 0. The van der Waals surface area contributed by atoms with Crippen LogP contribution in [0.2, 0.25) is 0 Å². The van der Waals surface area contributed by atoms with E-state index in [-0.39, 0.29) is 0 Å². The van der Waals surface area contributed by atoms with Gasteiger partial charge in [0.2, 0.25) is 5.91 Å². The largest absolute Gasteiger partial charge is 0.322 e. The maximum absolute atomic E-state index is 13.9. The number of nitrogens with zero attached hydrogens (tertiary/aromatic N) is 1. The van der Waals surface area contributed by atoms with E-state index >= 15 is 0 Å². The summed E-state index contributed by atoms with van der Waals surface area (Å²) < 4.78 is 27.7. The van der Waals surface area contributed by atoms with E-state index in [0.717, 1.165) is 17.0 Å². The van der Waals surface area contributed by atoms with E-state index in [1.54, 1.807) is 24.3 Å². The average molecular weight is 302 g/mol. The zero-order chi connectivity index (χ0) is 15.9. The molecule has 2 amide bonds. The third kappa shape index (κ3) is 2.13. The van der Waals surface area contributed by atoms with Crippen molar-refractivity contribution in [2.75, 3.05) is 10.2 Å². The summed E-state index contributed by atoms with van der Waals surface area (Å²) in [5.74, 6) is -3.21. The lowest BCUT2D eigenvalue weighted by atomic mass is 10.1. The van der Waals surface area contributed by atoms with Gasteiger partial charge in [-0.3, -0.25) is 14.5 Å². The van der Waals surface area contributed by atoms with Crippen molar-refractivity contribution in [3.63, 3.8) is 0 Å². The van der Waals surface area contributed by atoms with Crippen molar-refractivity contribution in [1.29, 1.82) is 0 Å². The summed E-state index contributed by atoms with van der Waals surface area (Å²) in [5, 5.41) is 2.65. The van der Waals surface area contributed by atoms with Crippen LogP contribution in [0, 0.1) is 11.6 Å². The molecule has 2 aromatic rings. The van der Waals surface area contributed by atoms with Gasteiger partial charge in [0, 0.05) is 0 Å². The van der Waals surface area contributed by atoms with Crippen molar-refractivity contribution in [2.24, 2.45) is 0 Å². The van der Waals surface area contributed by atoms with Gasteiger partial charge in [-0.1, -0.05) is 18.2 Å². The molecule has 1 atom stereocenters. The topological polar surface area (TPSA) is 49.4 Å². The second kappa shape index (κ2) is 5.22. The molecule has 3 rings (SSSR count). The standard InChI is InChI=1S/C16H12F2N2O2/c1-9-15(21)19-12-7-2-3-8-13(12)20(9)16(22)14-10(17)5-4-6-11(14)18/h2-9H,1H3,(H,19,21)/t9-/m0/s1. The van der Waals surface area contributed by atoms with E-state index in [4.69, 9.17) is 0 Å². The first-order valence-corrected chi connectivity index (χ1v) is 6.68. The Labute approximate surface area is 125 Å². The summed E-state index contributed by atoms with van der Waals surface area (Å²) in [6, 6.07) is 8.94. The minimum atomic E-state index is -0.958. The SMILES string of the molecule is C[C@H]1C(=O)Nc2ccccc2N1C(=O)c1c(F)cccc1F. The van der Waals surface area contributed by atoms with Crippen LogP contribution in [0.4, 0.5) is 20.2 Å². The molecular formula is C16H12F2N2O2. The first-order chi connectivity index (χ1) is 10.5. The number of fused-ring (bicyclic) bond motifs is 1. The molecule has 1 heterocycles. The van der Waals surface area contributed by atoms with Crippen molar-refractivity contribution in [3.8, 4) is 0 Å². The van der Waals surface area contributed by atoms with Crippen LogP contribution in [-0.2, 0) is 4.79 Å². The number of amides is 2. The molecule has 1 N–H and O–H groups in total. The molecule has 0 fully saturated rings. The average Bonchev–Trinajstić information content (AvgIpc) is 2.48. The Balaban J connectivity index is 2.14. The minimum absolute atomic E-state index is 0.405. The van der Waals surface area contributed by atoms with Gasteiger partial charge in [-0.2, -0.15) is 0 Å². The highest BCUT2D eigenvalue weighted by atomic mass is 19.1. The minimum Gasteiger partial charge on any atom is -0.322 e. The van der Waals surface area contributed by atoms with E-state index in [2.05, 4.69) is 5.32 Å². The Morgan fingerprint density at radius 1 is 1.09 bits per heavy atom. The summed E-state index contributed by atoms with van der Waals surface area (Å²) in [6.45, 7) is 1.50. The molecule has 0 aromatic heterocycles. The predicted octanol–water partition coefficient (Wildman–Crippen LogP) is 2.95. The molecule has 22 heavy (non-hydrogen) atoms. The Bertz CT molecular complexity index is 756. The third-order valence-corrected chi connectivity index (χ3v) is 3.58. The van der Waals surface area contributed by atoms with Gasteiger partial charge in [-0.25, -0.2) is 8.78 Å². The van der Waals surface area contributed by atoms with Crippen molar-refractivity contribution >= 4 is 23.2 Å². The highest BCUT2D eigenvalue weighted by Crippen LogP contribution is 2.33. The van der Waals surface area contributed by atoms with Gasteiger partial charge in [0.25, 0.3) is 5.91 Å². The zero-order valence-corrected chi connectivity index (χ0v) is 11.6. The number of halogens is 2. The molecule has 0 aliphatic carbocycles. The molecular weight excluding hydrogens is 290 g/mol. The van der Waals surface area contributed by atoms with E-state index < -0.39 is 35.1 Å². The van der Waals surface area contributed by atoms with Gasteiger partial charge >= 0.3 is 0 Å². The number of carbonyl (C=O) groups excluding carboxylic acids is 2. The van der Waals surface area contributed by atoms with Crippen LogP contribution >= 0.6 is 0 Å². The van der Waals surface area contributed by atoms with Crippen LogP contribution in [0.3, 0.4) is 0 Å². The second-order valence-corrected chi connectivity index (χ2v) is 4.95. The molecule has 1 aliphatic heterocycles. The second-order valence-electron chi connectivity index (χ2n) is 4.95. The van der Waals surface area contributed by atoms with Gasteiger partial charge in [0.15, 0.2) is 0 Å². The number of nitrogens with one attached hydrogen (secondary N) is 1. The van der Waals surface area contributed by atoms with Crippen LogP contribution in [-0.4, -0.2) is 17.9 Å². The van der Waals surface area contributed by atoms with Crippen molar-refractivity contribution in [3.05, 3.63) is 59.7 Å². The number of para-hydroxylation sites is 2. The summed E-state index contributed by atoms with van der Waals surface area (Å²) in [4.78, 5) is 25.7. The molecule has 0 radical (unpaired) electrons. The fourth-order valence-corrected chi connectivity index (χ4v) is 2.46. The highest BCUT2D eigenvalue weighted by molar-refractivity contribution is 6.16. The monoisotopic (exact) mass is 302 g/mol. The van der Waals surface area contributed by atoms with Gasteiger partial charge in [0.05, 0.1) is 11.4 Å². The number of benzene rings is 2. The summed E-state index contributed by atoms with van der Waals surface area (Å²) in [7, 11) is 0. The number of anilines is 2. The first-order valence-electron chi connectivity index (χ1n) is 6.68. The first kappa shape index (κ1) is 14.2. The number of carbonyl (C=O) groups is 2. The zero-order valence-electron chi connectivity index (χ0n) is 11.6. The number of hydrogen-bond acceptors (Lipinski definition) is 2. The lowest BCUT2D eigenvalue weighted by molar-refractivity contribution is -0.117. The van der Waals surface area contributed by atoms with Crippen LogP contribution in [0.5, 0.6) is 0 Å². The lowest BCUT2D eigenvalue weighted by Crippen LogP contribution is -2.49. The third-order valence-electron chi connectivity index (χ3n) is 3.58. The van der Waals surface area contributed by atoms with Crippen molar-refractivity contribution in [1.82, 2.24) is 0 Å². The Hall–Kier alpha value is -2.76. The Morgan fingerprint density at radius 3 is 2.41 bits per heavy atom. The van der Waals surface area contributed by atoms with Gasteiger partial charge in [-0.05, 0) is 31.2 Å². The lowest BCUT2D eigenvalue weighted by Gasteiger charge is -2.34. The maximum Gasteiger partial charge on any atom is 0.265 e. The van der Waals surface area contributed by atoms with Gasteiger partial charge < -0.3 is 5.32 Å². The molecule has 0 saturated heterocycles. The smallest absolute Gasteiger partial charge is 0.265 e. The van der Waals surface area contributed by atoms with Crippen LogP contribution in [0.25, 0.3) is 0 Å². The number of hydrogen-bond donors (Lipinski definition) is 1. The Kier molecular flexibility index (Phi) is 3.36.